The van der Waals surface area contributed by atoms with Gasteiger partial charge in [0.2, 0.25) is 10.0 Å². The normalized spacial score (nSPS) is 27.7. The van der Waals surface area contributed by atoms with Crippen molar-refractivity contribution in [1.29, 1.82) is 0 Å². The fraction of sp³-hybridized carbons (Fsp3) is 0.700. The van der Waals surface area contributed by atoms with Crippen molar-refractivity contribution in [3.8, 4) is 0 Å². The number of rotatable bonds is 3. The molecule has 1 aromatic rings. The lowest BCUT2D eigenvalue weighted by Crippen LogP contribution is -2.57. The SMILES string of the molecule is CS(=O)(=O)N1CCC2(CC1)CC(N1CCN(c3ccccc3)CC1)CCO2. The number of hydrogen-bond donors (Lipinski definition) is 0. The number of ether oxygens (including phenoxy) is 1. The number of para-hydroxylation sites is 1. The molecule has 1 atom stereocenters. The van der Waals surface area contributed by atoms with Crippen molar-refractivity contribution in [2.75, 3.05) is 57.0 Å². The summed E-state index contributed by atoms with van der Waals surface area (Å²) in [5.41, 5.74) is 1.19. The number of nitrogens with zero attached hydrogens (tertiary/aromatic N) is 3. The van der Waals surface area contributed by atoms with Crippen LogP contribution in [0.5, 0.6) is 0 Å². The van der Waals surface area contributed by atoms with Gasteiger partial charge in [0.25, 0.3) is 0 Å². The highest BCUT2D eigenvalue weighted by atomic mass is 32.2. The van der Waals surface area contributed by atoms with Crippen molar-refractivity contribution in [2.24, 2.45) is 0 Å². The van der Waals surface area contributed by atoms with Crippen LogP contribution >= 0.6 is 0 Å². The Kier molecular flexibility index (Phi) is 5.47. The first-order chi connectivity index (χ1) is 13.0. The minimum atomic E-state index is -3.09. The van der Waals surface area contributed by atoms with Crippen LogP contribution in [0.15, 0.2) is 30.3 Å². The number of anilines is 1. The van der Waals surface area contributed by atoms with Gasteiger partial charge in [0, 0.05) is 57.6 Å². The van der Waals surface area contributed by atoms with Crippen molar-refractivity contribution >= 4 is 15.7 Å². The fourth-order valence-electron chi connectivity index (χ4n) is 4.87. The topological polar surface area (TPSA) is 53.1 Å². The first-order valence-electron chi connectivity index (χ1n) is 10.1. The van der Waals surface area contributed by atoms with E-state index in [9.17, 15) is 8.42 Å². The van der Waals surface area contributed by atoms with Crippen molar-refractivity contribution in [3.63, 3.8) is 0 Å². The summed E-state index contributed by atoms with van der Waals surface area (Å²) in [4.78, 5) is 5.10. The second-order valence-electron chi connectivity index (χ2n) is 8.20. The number of piperazine rings is 1. The van der Waals surface area contributed by atoms with E-state index in [2.05, 4.69) is 40.1 Å². The Balaban J connectivity index is 1.33. The van der Waals surface area contributed by atoms with Crippen LogP contribution in [0.25, 0.3) is 0 Å². The van der Waals surface area contributed by atoms with Gasteiger partial charge in [-0.2, -0.15) is 0 Å². The smallest absolute Gasteiger partial charge is 0.211 e. The van der Waals surface area contributed by atoms with Crippen molar-refractivity contribution in [3.05, 3.63) is 30.3 Å². The molecule has 0 saturated carbocycles. The standard InChI is InChI=1S/C20H31N3O3S/c1-27(24,25)23-10-8-20(9-11-23)17-19(7-16-26-20)22-14-12-21(13-15-22)18-5-3-2-4-6-18/h2-6,19H,7-17H2,1H3. The molecule has 3 fully saturated rings. The van der Waals surface area contributed by atoms with E-state index >= 15 is 0 Å². The van der Waals surface area contributed by atoms with Crippen LogP contribution in [0.2, 0.25) is 0 Å². The molecule has 1 aromatic carbocycles. The van der Waals surface area contributed by atoms with Crippen LogP contribution in [0, 0.1) is 0 Å². The average Bonchev–Trinajstić information content (AvgIpc) is 2.68. The lowest BCUT2D eigenvalue weighted by Gasteiger charge is -2.49. The van der Waals surface area contributed by atoms with Gasteiger partial charge in [0.1, 0.15) is 0 Å². The van der Waals surface area contributed by atoms with E-state index in [1.807, 2.05) is 0 Å². The van der Waals surface area contributed by atoms with Crippen LogP contribution in [-0.4, -0.2) is 81.4 Å². The molecule has 3 saturated heterocycles. The third-order valence-corrected chi connectivity index (χ3v) is 7.82. The molecular weight excluding hydrogens is 362 g/mol. The van der Waals surface area contributed by atoms with Crippen molar-refractivity contribution < 1.29 is 13.2 Å². The Morgan fingerprint density at radius 2 is 1.67 bits per heavy atom. The minimum Gasteiger partial charge on any atom is -0.375 e. The van der Waals surface area contributed by atoms with E-state index in [1.165, 1.54) is 11.9 Å². The lowest BCUT2D eigenvalue weighted by molar-refractivity contribution is -0.127. The maximum Gasteiger partial charge on any atom is 0.211 e. The molecule has 150 valence electrons. The van der Waals surface area contributed by atoms with Gasteiger partial charge in [-0.15, -0.1) is 0 Å². The Bertz CT molecular complexity index is 724. The highest BCUT2D eigenvalue weighted by Gasteiger charge is 2.43. The molecule has 27 heavy (non-hydrogen) atoms. The predicted molar refractivity (Wildman–Crippen MR) is 108 cm³/mol. The van der Waals surface area contributed by atoms with E-state index in [0.717, 1.165) is 58.5 Å². The Labute approximate surface area is 163 Å². The molecular formula is C20H31N3O3S. The summed E-state index contributed by atoms with van der Waals surface area (Å²) in [6, 6.07) is 11.2. The molecule has 1 spiro atoms. The van der Waals surface area contributed by atoms with Gasteiger partial charge in [0.05, 0.1) is 11.9 Å². The monoisotopic (exact) mass is 393 g/mol. The van der Waals surface area contributed by atoms with Crippen LogP contribution in [0.3, 0.4) is 0 Å². The van der Waals surface area contributed by atoms with Crippen LogP contribution in [0.1, 0.15) is 25.7 Å². The summed E-state index contributed by atoms with van der Waals surface area (Å²) in [5.74, 6) is 0. The third-order valence-electron chi connectivity index (χ3n) is 6.52. The van der Waals surface area contributed by atoms with Gasteiger partial charge >= 0.3 is 0 Å². The molecule has 3 aliphatic rings. The van der Waals surface area contributed by atoms with Crippen LogP contribution in [-0.2, 0) is 14.8 Å². The Hall–Kier alpha value is -1.15. The summed E-state index contributed by atoms with van der Waals surface area (Å²) in [6.07, 6.45) is 5.07. The summed E-state index contributed by atoms with van der Waals surface area (Å²) in [7, 11) is -3.09. The van der Waals surface area contributed by atoms with Crippen LogP contribution < -0.4 is 4.90 Å². The van der Waals surface area contributed by atoms with Gasteiger partial charge in [-0.25, -0.2) is 12.7 Å². The van der Waals surface area contributed by atoms with Crippen LogP contribution in [0.4, 0.5) is 5.69 Å². The summed E-state index contributed by atoms with van der Waals surface area (Å²) < 4.78 is 31.4. The zero-order valence-electron chi connectivity index (χ0n) is 16.2. The highest BCUT2D eigenvalue weighted by Crippen LogP contribution is 2.37. The summed E-state index contributed by atoms with van der Waals surface area (Å²) in [6.45, 7) is 6.28. The van der Waals surface area contributed by atoms with Crippen molar-refractivity contribution in [2.45, 2.75) is 37.3 Å². The maximum atomic E-state index is 11.8. The number of sulfonamides is 1. The van der Waals surface area contributed by atoms with E-state index < -0.39 is 10.0 Å². The second-order valence-corrected chi connectivity index (χ2v) is 10.2. The average molecular weight is 394 g/mol. The van der Waals surface area contributed by atoms with Gasteiger partial charge in [-0.3, -0.25) is 4.90 Å². The summed E-state index contributed by atoms with van der Waals surface area (Å²) in [5, 5.41) is 0. The Morgan fingerprint density at radius 1 is 1.00 bits per heavy atom. The molecule has 4 rings (SSSR count). The van der Waals surface area contributed by atoms with Gasteiger partial charge in [0.15, 0.2) is 0 Å². The molecule has 7 heteroatoms. The second kappa shape index (κ2) is 7.70. The molecule has 0 amide bonds. The third kappa shape index (κ3) is 4.31. The van der Waals surface area contributed by atoms with Gasteiger partial charge in [-0.1, -0.05) is 18.2 Å². The molecule has 0 aromatic heterocycles. The molecule has 0 N–H and O–H groups in total. The Morgan fingerprint density at radius 3 is 2.30 bits per heavy atom. The van der Waals surface area contributed by atoms with E-state index in [1.54, 1.807) is 4.31 Å². The molecule has 6 nitrogen and oxygen atoms in total. The first kappa shape index (κ1) is 19.2. The van der Waals surface area contributed by atoms with E-state index in [-0.39, 0.29) is 5.60 Å². The number of benzene rings is 1. The molecule has 3 heterocycles. The molecule has 0 bridgehead atoms. The molecule has 0 aliphatic carbocycles. The molecule has 1 unspecified atom stereocenters. The lowest BCUT2D eigenvalue weighted by atomic mass is 9.82. The van der Waals surface area contributed by atoms with Crippen molar-refractivity contribution in [1.82, 2.24) is 9.21 Å². The minimum absolute atomic E-state index is 0.124. The first-order valence-corrected chi connectivity index (χ1v) is 11.9. The molecule has 0 radical (unpaired) electrons. The van der Waals surface area contributed by atoms with E-state index in [4.69, 9.17) is 4.74 Å². The molecule has 3 aliphatic heterocycles. The highest BCUT2D eigenvalue weighted by molar-refractivity contribution is 7.88. The number of piperidine rings is 1. The number of hydrogen-bond acceptors (Lipinski definition) is 5. The maximum absolute atomic E-state index is 11.8. The fourth-order valence-corrected chi connectivity index (χ4v) is 5.72. The quantitative estimate of drug-likeness (QED) is 0.784. The largest absolute Gasteiger partial charge is 0.375 e. The summed E-state index contributed by atoms with van der Waals surface area (Å²) >= 11 is 0. The predicted octanol–water partition coefficient (Wildman–Crippen LogP) is 1.78. The zero-order valence-corrected chi connectivity index (χ0v) is 17.0. The van der Waals surface area contributed by atoms with E-state index in [0.29, 0.717) is 19.1 Å². The zero-order chi connectivity index (χ0) is 18.9. The van der Waals surface area contributed by atoms with Gasteiger partial charge in [-0.05, 0) is 37.8 Å². The van der Waals surface area contributed by atoms with Gasteiger partial charge < -0.3 is 9.64 Å².